The van der Waals surface area contributed by atoms with Crippen LogP contribution in [0.2, 0.25) is 0 Å². The van der Waals surface area contributed by atoms with E-state index in [9.17, 15) is 13.2 Å². The van der Waals surface area contributed by atoms with Crippen LogP contribution < -0.4 is 0 Å². The Hall–Kier alpha value is -3.26. The summed E-state index contributed by atoms with van der Waals surface area (Å²) in [7, 11) is -3.79. The molecule has 7 heteroatoms. The molecule has 0 radical (unpaired) electrons. The summed E-state index contributed by atoms with van der Waals surface area (Å²) in [6, 6.07) is 28.3. The van der Waals surface area contributed by atoms with Crippen molar-refractivity contribution in [1.82, 2.24) is 14.1 Å². The van der Waals surface area contributed by atoms with E-state index in [4.69, 9.17) is 0 Å². The molecule has 6 nitrogen and oxygen atoms in total. The van der Waals surface area contributed by atoms with Gasteiger partial charge in [0.15, 0.2) is 0 Å². The number of sulfonamides is 1. The topological polar surface area (TPSA) is 60.9 Å². The number of piperazine rings is 1. The molecule has 1 fully saturated rings. The molecule has 1 amide bonds. The number of hydrogen-bond donors (Lipinski definition) is 0. The number of rotatable bonds is 10. The van der Waals surface area contributed by atoms with Crippen molar-refractivity contribution in [3.63, 3.8) is 0 Å². The van der Waals surface area contributed by atoms with Gasteiger partial charge in [0, 0.05) is 39.3 Å². The highest BCUT2D eigenvalue weighted by atomic mass is 32.2. The largest absolute Gasteiger partial charge is 0.339 e. The second kappa shape index (κ2) is 12.6. The molecule has 0 N–H and O–H groups in total. The number of carbonyl (C=O) groups excluding carboxylic acids is 1. The van der Waals surface area contributed by atoms with E-state index < -0.39 is 10.0 Å². The van der Waals surface area contributed by atoms with Crippen molar-refractivity contribution in [1.29, 1.82) is 0 Å². The van der Waals surface area contributed by atoms with E-state index in [-0.39, 0.29) is 23.9 Å². The normalized spacial score (nSPS) is 15.0. The third kappa shape index (κ3) is 7.13. The lowest BCUT2D eigenvalue weighted by Gasteiger charge is -2.35. The van der Waals surface area contributed by atoms with Crippen molar-refractivity contribution < 1.29 is 13.2 Å². The number of hydrogen-bond acceptors (Lipinski definition) is 4. The zero-order chi connectivity index (χ0) is 25.2. The summed E-state index contributed by atoms with van der Waals surface area (Å²) in [6.07, 6.45) is 4.79. The molecule has 1 aliphatic heterocycles. The van der Waals surface area contributed by atoms with Crippen LogP contribution in [0.4, 0.5) is 0 Å². The average Bonchev–Trinajstić information content (AvgIpc) is 2.93. The van der Waals surface area contributed by atoms with Crippen LogP contribution in [0.5, 0.6) is 0 Å². The van der Waals surface area contributed by atoms with Gasteiger partial charge in [-0.05, 0) is 29.7 Å². The molecule has 0 aliphatic carbocycles. The molecule has 3 aromatic rings. The maximum atomic E-state index is 13.4. The molecule has 0 aromatic heterocycles. The molecule has 0 unspecified atom stereocenters. The molecule has 1 aliphatic rings. The number of carbonyl (C=O) groups is 1. The Morgan fingerprint density at radius 2 is 1.39 bits per heavy atom. The fourth-order valence-corrected chi connectivity index (χ4v) is 5.67. The fraction of sp³-hybridized carbons (Fsp3) is 0.276. The van der Waals surface area contributed by atoms with Gasteiger partial charge < -0.3 is 4.90 Å². The number of benzene rings is 3. The van der Waals surface area contributed by atoms with Crippen LogP contribution in [0.15, 0.2) is 102 Å². The predicted octanol–water partition coefficient (Wildman–Crippen LogP) is 3.78. The average molecular weight is 504 g/mol. The first-order valence-electron chi connectivity index (χ1n) is 12.3. The minimum atomic E-state index is -3.79. The van der Waals surface area contributed by atoms with Gasteiger partial charge in [-0.3, -0.25) is 9.69 Å². The maximum Gasteiger partial charge on any atom is 0.243 e. The molecule has 188 valence electrons. The summed E-state index contributed by atoms with van der Waals surface area (Å²) in [5.41, 5.74) is 2.21. The molecular weight excluding hydrogens is 470 g/mol. The summed E-state index contributed by atoms with van der Waals surface area (Å²) in [5, 5.41) is 0. The van der Waals surface area contributed by atoms with Crippen molar-refractivity contribution in [2.24, 2.45) is 0 Å². The minimum Gasteiger partial charge on any atom is -0.339 e. The highest BCUT2D eigenvalue weighted by Gasteiger charge is 2.29. The van der Waals surface area contributed by atoms with Crippen molar-refractivity contribution in [3.8, 4) is 0 Å². The van der Waals surface area contributed by atoms with E-state index in [1.165, 1.54) is 9.87 Å². The highest BCUT2D eigenvalue weighted by Crippen LogP contribution is 2.17. The first-order chi connectivity index (χ1) is 17.5. The highest BCUT2D eigenvalue weighted by molar-refractivity contribution is 7.89. The lowest BCUT2D eigenvalue weighted by molar-refractivity contribution is -0.133. The standard InChI is InChI=1S/C29H33N3O3S/c33-29(31-23-21-30(22-24-31)19-10-15-26-11-4-1-5-12-26)25-32(20-18-27-13-6-2-7-14-27)36(34,35)28-16-8-3-9-17-28/h1-17H,18-25H2/b15-10+. The lowest BCUT2D eigenvalue weighted by atomic mass is 10.1. The van der Waals surface area contributed by atoms with Crippen molar-refractivity contribution in [3.05, 3.63) is 108 Å². The summed E-state index contributed by atoms with van der Waals surface area (Å²) in [6.45, 7) is 3.63. The van der Waals surface area contributed by atoms with E-state index in [1.807, 2.05) is 48.5 Å². The molecule has 0 atom stereocenters. The van der Waals surface area contributed by atoms with Gasteiger partial charge in [0.25, 0.3) is 0 Å². The Labute approximate surface area is 214 Å². The zero-order valence-corrected chi connectivity index (χ0v) is 21.3. The summed E-state index contributed by atoms with van der Waals surface area (Å²) in [5.74, 6) is -0.151. The fourth-order valence-electron chi connectivity index (χ4n) is 4.26. The van der Waals surface area contributed by atoms with Gasteiger partial charge in [-0.1, -0.05) is 91.0 Å². The van der Waals surface area contributed by atoms with E-state index in [1.54, 1.807) is 35.2 Å². The Morgan fingerprint density at radius 1 is 0.806 bits per heavy atom. The lowest BCUT2D eigenvalue weighted by Crippen LogP contribution is -2.51. The summed E-state index contributed by atoms with van der Waals surface area (Å²) >= 11 is 0. The molecular formula is C29H33N3O3S. The van der Waals surface area contributed by atoms with Gasteiger partial charge in [0.05, 0.1) is 11.4 Å². The molecule has 1 heterocycles. The Bertz CT molecular complexity index is 1220. The zero-order valence-electron chi connectivity index (χ0n) is 20.4. The van der Waals surface area contributed by atoms with Crippen LogP contribution in [0, 0.1) is 0 Å². The smallest absolute Gasteiger partial charge is 0.243 e. The van der Waals surface area contributed by atoms with Crippen LogP contribution in [0.1, 0.15) is 11.1 Å². The van der Waals surface area contributed by atoms with Gasteiger partial charge in [-0.2, -0.15) is 4.31 Å². The van der Waals surface area contributed by atoms with Crippen LogP contribution in [-0.2, 0) is 21.2 Å². The third-order valence-electron chi connectivity index (χ3n) is 6.38. The first kappa shape index (κ1) is 25.8. The van der Waals surface area contributed by atoms with Gasteiger partial charge >= 0.3 is 0 Å². The molecule has 1 saturated heterocycles. The van der Waals surface area contributed by atoms with Crippen LogP contribution in [0.25, 0.3) is 6.08 Å². The SMILES string of the molecule is O=C(CN(CCc1ccccc1)S(=O)(=O)c1ccccc1)N1CCN(C/C=C/c2ccccc2)CC1. The minimum absolute atomic E-state index is 0.151. The number of nitrogens with zero attached hydrogens (tertiary/aromatic N) is 3. The first-order valence-corrected chi connectivity index (χ1v) is 13.8. The van der Waals surface area contributed by atoms with Crippen LogP contribution >= 0.6 is 0 Å². The molecule has 4 rings (SSSR count). The maximum absolute atomic E-state index is 13.4. The molecule has 3 aromatic carbocycles. The van der Waals surface area contributed by atoms with Gasteiger partial charge in [0.2, 0.25) is 15.9 Å². The van der Waals surface area contributed by atoms with E-state index in [0.29, 0.717) is 19.5 Å². The summed E-state index contributed by atoms with van der Waals surface area (Å²) in [4.78, 5) is 17.5. The molecule has 0 bridgehead atoms. The Kier molecular flexibility index (Phi) is 9.06. The second-order valence-corrected chi connectivity index (χ2v) is 10.8. The van der Waals surface area contributed by atoms with Gasteiger partial charge in [-0.25, -0.2) is 8.42 Å². The van der Waals surface area contributed by atoms with E-state index in [0.717, 1.165) is 25.2 Å². The van der Waals surface area contributed by atoms with Crippen LogP contribution in [-0.4, -0.2) is 74.2 Å². The van der Waals surface area contributed by atoms with E-state index in [2.05, 4.69) is 29.2 Å². The van der Waals surface area contributed by atoms with Crippen molar-refractivity contribution in [2.75, 3.05) is 45.8 Å². The predicted molar refractivity (Wildman–Crippen MR) is 144 cm³/mol. The Morgan fingerprint density at radius 3 is 2.03 bits per heavy atom. The van der Waals surface area contributed by atoms with Crippen molar-refractivity contribution >= 4 is 22.0 Å². The monoisotopic (exact) mass is 503 g/mol. The second-order valence-electron chi connectivity index (χ2n) is 8.88. The third-order valence-corrected chi connectivity index (χ3v) is 8.24. The van der Waals surface area contributed by atoms with Gasteiger partial charge in [0.1, 0.15) is 0 Å². The molecule has 36 heavy (non-hydrogen) atoms. The van der Waals surface area contributed by atoms with Crippen LogP contribution in [0.3, 0.4) is 0 Å². The van der Waals surface area contributed by atoms with E-state index >= 15 is 0 Å². The van der Waals surface area contributed by atoms with Crippen molar-refractivity contribution in [2.45, 2.75) is 11.3 Å². The number of amides is 1. The Balaban J connectivity index is 1.36. The molecule has 0 saturated carbocycles. The van der Waals surface area contributed by atoms with Gasteiger partial charge in [-0.15, -0.1) is 0 Å². The molecule has 0 spiro atoms. The quantitative estimate of drug-likeness (QED) is 0.423. The summed E-state index contributed by atoms with van der Waals surface area (Å²) < 4.78 is 28.1.